The maximum atomic E-state index is 15.7. The van der Waals surface area contributed by atoms with Gasteiger partial charge < -0.3 is 9.13 Å². The van der Waals surface area contributed by atoms with E-state index in [1.807, 2.05) is 0 Å². The molecule has 4 heteroatoms. The maximum Gasteiger partial charge on any atom is 0.0953 e. The van der Waals surface area contributed by atoms with E-state index in [-0.39, 0.29) is 5.66 Å². The Morgan fingerprint density at radius 2 is 0.635 bits per heavy atom. The first-order chi connectivity index (χ1) is 25.5. The molecule has 0 heterocycles. The summed E-state index contributed by atoms with van der Waals surface area (Å²) in [6, 6.07) is 53.2. The molecule has 0 aromatic heterocycles. The first kappa shape index (κ1) is 39.8. The molecule has 5 rings (SSSR count). The van der Waals surface area contributed by atoms with E-state index in [1.165, 1.54) is 22.3 Å². The predicted molar refractivity (Wildman–Crippen MR) is 226 cm³/mol. The topological polar surface area (TPSA) is 34.1 Å². The summed E-state index contributed by atoms with van der Waals surface area (Å²) < 4.78 is 31.1. The largest absolute Gasteiger partial charge is 0.324 e. The molecule has 0 saturated carbocycles. The standard InChI is InChI=1S/C48H60O2P2/c49-51(38-20-16-32-43-24-6-1-7-25-43,39-21-17-33-44-26-8-2-9-27-44)42-48(47-36-14-5-15-37-47)52(50,40-22-18-34-45-28-10-3-11-29-45)41-23-19-35-46-30-12-4-13-31-46/h1-15,24-31,36-37,48H,16-23,32-35,38-42H2. The SMILES string of the molecule is O=P(CCCCc1ccccc1)(CCCCc1ccccc1)CC(c1ccccc1)P(=O)(CCCCc1ccccc1)CCCCc1ccccc1. The van der Waals surface area contributed by atoms with Gasteiger partial charge in [0.25, 0.3) is 0 Å². The van der Waals surface area contributed by atoms with Gasteiger partial charge in [-0.3, -0.25) is 0 Å². The fourth-order valence-electron chi connectivity index (χ4n) is 7.69. The van der Waals surface area contributed by atoms with E-state index >= 15 is 9.13 Å². The lowest BCUT2D eigenvalue weighted by atomic mass is 10.1. The Labute approximate surface area is 315 Å². The summed E-state index contributed by atoms with van der Waals surface area (Å²) in [4.78, 5) is 0. The average Bonchev–Trinajstić information content (AvgIpc) is 3.20. The van der Waals surface area contributed by atoms with Crippen LogP contribution in [0.1, 0.15) is 84.8 Å². The Hall–Kier alpha value is -3.44. The molecule has 0 aliphatic heterocycles. The van der Waals surface area contributed by atoms with E-state index in [0.29, 0.717) is 6.16 Å². The number of rotatable bonds is 24. The molecule has 5 aromatic rings. The number of hydrogen-bond donors (Lipinski definition) is 0. The van der Waals surface area contributed by atoms with Crippen molar-refractivity contribution in [2.45, 2.75) is 82.7 Å². The maximum absolute atomic E-state index is 15.7. The molecule has 0 aliphatic rings. The van der Waals surface area contributed by atoms with Crippen molar-refractivity contribution in [3.05, 3.63) is 179 Å². The summed E-state index contributed by atoms with van der Waals surface area (Å²) in [5.41, 5.74) is 6.35. The van der Waals surface area contributed by atoms with Crippen molar-refractivity contribution in [1.29, 1.82) is 0 Å². The minimum Gasteiger partial charge on any atom is -0.324 e. The Morgan fingerprint density at radius 1 is 0.346 bits per heavy atom. The number of aryl methyl sites for hydroxylation is 4. The monoisotopic (exact) mass is 730 g/mol. The molecule has 274 valence electrons. The van der Waals surface area contributed by atoms with E-state index in [4.69, 9.17) is 0 Å². The van der Waals surface area contributed by atoms with Crippen LogP contribution in [-0.4, -0.2) is 30.8 Å². The second kappa shape index (κ2) is 21.9. The van der Waals surface area contributed by atoms with Gasteiger partial charge in [0.15, 0.2) is 0 Å². The van der Waals surface area contributed by atoms with Crippen molar-refractivity contribution in [2.75, 3.05) is 30.8 Å². The molecule has 1 atom stereocenters. The second-order valence-electron chi connectivity index (χ2n) is 14.8. The van der Waals surface area contributed by atoms with Gasteiger partial charge in [-0.05, 0) is 105 Å². The van der Waals surface area contributed by atoms with Crippen molar-refractivity contribution in [2.24, 2.45) is 0 Å². The zero-order chi connectivity index (χ0) is 36.2. The highest BCUT2D eigenvalue weighted by Crippen LogP contribution is 2.66. The third-order valence-electron chi connectivity index (χ3n) is 10.7. The summed E-state index contributed by atoms with van der Waals surface area (Å²) in [5.74, 6) is 0. The van der Waals surface area contributed by atoms with Crippen molar-refractivity contribution in [3.63, 3.8) is 0 Å². The van der Waals surface area contributed by atoms with E-state index in [2.05, 4.69) is 152 Å². The van der Waals surface area contributed by atoms with Crippen molar-refractivity contribution in [1.82, 2.24) is 0 Å². The minimum absolute atomic E-state index is 0.156. The van der Waals surface area contributed by atoms with Gasteiger partial charge in [-0.15, -0.1) is 0 Å². The van der Waals surface area contributed by atoms with Gasteiger partial charge >= 0.3 is 0 Å². The van der Waals surface area contributed by atoms with Gasteiger partial charge in [-0.2, -0.15) is 0 Å². The molecule has 1 unspecified atom stereocenters. The molecule has 52 heavy (non-hydrogen) atoms. The number of hydrogen-bond acceptors (Lipinski definition) is 2. The van der Waals surface area contributed by atoms with Crippen molar-refractivity contribution >= 4 is 14.3 Å². The lowest BCUT2D eigenvalue weighted by Gasteiger charge is -2.32. The van der Waals surface area contributed by atoms with E-state index in [1.54, 1.807) is 0 Å². The Kier molecular flexibility index (Phi) is 16.8. The lowest BCUT2D eigenvalue weighted by Crippen LogP contribution is -2.15. The van der Waals surface area contributed by atoms with E-state index < -0.39 is 14.3 Å². The Balaban J connectivity index is 1.34. The van der Waals surface area contributed by atoms with Gasteiger partial charge in [-0.1, -0.05) is 152 Å². The molecule has 2 nitrogen and oxygen atoms in total. The van der Waals surface area contributed by atoms with E-state index in [0.717, 1.165) is 107 Å². The van der Waals surface area contributed by atoms with Crippen LogP contribution >= 0.6 is 14.3 Å². The Bertz CT molecular complexity index is 1660. The summed E-state index contributed by atoms with van der Waals surface area (Å²) in [6.45, 7) is 0. The van der Waals surface area contributed by atoms with Gasteiger partial charge in [0.1, 0.15) is 0 Å². The second-order valence-corrected chi connectivity index (χ2v) is 21.6. The Morgan fingerprint density at radius 3 is 0.962 bits per heavy atom. The molecule has 5 aromatic carbocycles. The van der Waals surface area contributed by atoms with E-state index in [9.17, 15) is 0 Å². The van der Waals surface area contributed by atoms with Crippen LogP contribution in [0.3, 0.4) is 0 Å². The molecular weight excluding hydrogens is 670 g/mol. The van der Waals surface area contributed by atoms with Crippen LogP contribution in [0, 0.1) is 0 Å². The van der Waals surface area contributed by atoms with Crippen LogP contribution in [0.4, 0.5) is 0 Å². The van der Waals surface area contributed by atoms with Gasteiger partial charge in [-0.25, -0.2) is 0 Å². The average molecular weight is 731 g/mol. The molecule has 0 spiro atoms. The first-order valence-corrected chi connectivity index (χ1v) is 24.3. The summed E-state index contributed by atoms with van der Waals surface area (Å²) in [5, 5.41) is 0. The third-order valence-corrected chi connectivity index (χ3v) is 18.0. The van der Waals surface area contributed by atoms with Crippen LogP contribution < -0.4 is 0 Å². The smallest absolute Gasteiger partial charge is 0.0953 e. The molecule has 0 bridgehead atoms. The summed E-state index contributed by atoms with van der Waals surface area (Å²) >= 11 is 0. The number of benzene rings is 5. The number of unbranched alkanes of at least 4 members (excludes halogenated alkanes) is 4. The normalized spacial score (nSPS) is 12.5. The quantitative estimate of drug-likeness (QED) is 0.0468. The van der Waals surface area contributed by atoms with Gasteiger partial charge in [0.05, 0.1) is 14.3 Å². The highest BCUT2D eigenvalue weighted by atomic mass is 31.2. The van der Waals surface area contributed by atoms with Crippen LogP contribution in [-0.2, 0) is 34.8 Å². The fraction of sp³-hybridized carbons (Fsp3) is 0.375. The molecule has 0 fully saturated rings. The molecule has 0 radical (unpaired) electrons. The first-order valence-electron chi connectivity index (χ1n) is 19.9. The van der Waals surface area contributed by atoms with Gasteiger partial charge in [0, 0.05) is 36.5 Å². The van der Waals surface area contributed by atoms with Crippen LogP contribution in [0.25, 0.3) is 0 Å². The molecular formula is C48H60O2P2. The zero-order valence-electron chi connectivity index (χ0n) is 31.2. The minimum atomic E-state index is -2.74. The fourth-order valence-corrected chi connectivity index (χ4v) is 15.9. The van der Waals surface area contributed by atoms with Crippen LogP contribution in [0.5, 0.6) is 0 Å². The molecule has 0 saturated heterocycles. The van der Waals surface area contributed by atoms with Gasteiger partial charge in [0.2, 0.25) is 0 Å². The molecule has 0 aliphatic carbocycles. The zero-order valence-corrected chi connectivity index (χ0v) is 33.0. The van der Waals surface area contributed by atoms with Crippen LogP contribution in [0.2, 0.25) is 0 Å². The van der Waals surface area contributed by atoms with Crippen molar-refractivity contribution < 1.29 is 9.13 Å². The summed E-state index contributed by atoms with van der Waals surface area (Å²) in [6.07, 6.45) is 15.4. The predicted octanol–water partition coefficient (Wildman–Crippen LogP) is 13.5. The lowest BCUT2D eigenvalue weighted by molar-refractivity contribution is 0.552. The van der Waals surface area contributed by atoms with Crippen molar-refractivity contribution in [3.8, 4) is 0 Å². The molecule has 0 N–H and O–H groups in total. The summed E-state index contributed by atoms with van der Waals surface area (Å²) in [7, 11) is -5.36. The van der Waals surface area contributed by atoms with Crippen LogP contribution in [0.15, 0.2) is 152 Å². The third kappa shape index (κ3) is 13.8. The highest BCUT2D eigenvalue weighted by molar-refractivity contribution is 7.68. The highest BCUT2D eigenvalue weighted by Gasteiger charge is 2.38. The molecule has 0 amide bonds.